The Morgan fingerprint density at radius 2 is 1.82 bits per heavy atom. The van der Waals surface area contributed by atoms with Crippen LogP contribution in [0.1, 0.15) is 12.6 Å². The maximum absolute atomic E-state index is 4.97. The molecule has 1 aromatic heterocycles. The van der Waals surface area contributed by atoms with E-state index < -0.39 is 0 Å². The molecule has 3 aromatic carbocycles. The van der Waals surface area contributed by atoms with Gasteiger partial charge in [-0.3, -0.25) is 0 Å². The number of fused-ring (bicyclic) bond motifs is 3. The maximum Gasteiger partial charge on any atom is 0.160 e. The lowest BCUT2D eigenvalue weighted by Gasteiger charge is -2.12. The molecule has 0 aliphatic carbocycles. The number of hydrogen-bond donors (Lipinski definition) is 0. The smallest absolute Gasteiger partial charge is 0.160 e. The monoisotopic (exact) mass is 426 g/mol. The van der Waals surface area contributed by atoms with E-state index in [-0.39, 0.29) is 0 Å². The average Bonchev–Trinajstić information content (AvgIpc) is 2.74. The Bertz CT molecular complexity index is 1250. The molecule has 28 heavy (non-hydrogen) atoms. The molecule has 4 rings (SSSR count). The minimum absolute atomic E-state index is 0.714. The standard InChI is InChI=1S/C25H19BrN2/c1-3-5-9-17(4-2)23-22-15-14-18-10-6-7-13-21(18)24(22)28-25(27-23)19-11-8-12-20(26)16-19/h3-16H,1H2,2H3/b9-5-,17-4+. The second-order valence-corrected chi connectivity index (χ2v) is 7.34. The van der Waals surface area contributed by atoms with Crippen molar-refractivity contribution in [1.29, 1.82) is 0 Å². The normalized spacial score (nSPS) is 12.1. The van der Waals surface area contributed by atoms with Crippen molar-refractivity contribution >= 4 is 43.2 Å². The Kier molecular flexibility index (Phi) is 5.18. The molecule has 0 fully saturated rings. The Morgan fingerprint density at radius 1 is 0.964 bits per heavy atom. The zero-order valence-corrected chi connectivity index (χ0v) is 17.1. The molecule has 4 aromatic rings. The number of nitrogens with zero attached hydrogens (tertiary/aromatic N) is 2. The molecule has 3 heteroatoms. The molecule has 0 aliphatic heterocycles. The van der Waals surface area contributed by atoms with Crippen LogP contribution in [0.2, 0.25) is 0 Å². The van der Waals surface area contributed by atoms with Crippen molar-refractivity contribution in [2.75, 3.05) is 0 Å². The summed E-state index contributed by atoms with van der Waals surface area (Å²) in [5.41, 5.74) is 3.91. The molecule has 0 spiro atoms. The Labute approximate surface area is 173 Å². The summed E-state index contributed by atoms with van der Waals surface area (Å²) < 4.78 is 1.01. The predicted octanol–water partition coefficient (Wildman–Crippen LogP) is 7.36. The molecule has 0 aliphatic rings. The van der Waals surface area contributed by atoms with Gasteiger partial charge in [0.1, 0.15) is 0 Å². The van der Waals surface area contributed by atoms with Gasteiger partial charge < -0.3 is 0 Å². The van der Waals surface area contributed by atoms with Crippen molar-refractivity contribution in [3.63, 3.8) is 0 Å². The summed E-state index contributed by atoms with van der Waals surface area (Å²) in [4.78, 5) is 9.93. The molecule has 0 saturated heterocycles. The summed E-state index contributed by atoms with van der Waals surface area (Å²) in [7, 11) is 0. The molecule has 0 bridgehead atoms. The summed E-state index contributed by atoms with van der Waals surface area (Å²) in [5.74, 6) is 0.714. The lowest BCUT2D eigenvalue weighted by Crippen LogP contribution is -1.98. The van der Waals surface area contributed by atoms with Gasteiger partial charge >= 0.3 is 0 Å². The second-order valence-electron chi connectivity index (χ2n) is 6.43. The maximum atomic E-state index is 4.97. The highest BCUT2D eigenvalue weighted by Gasteiger charge is 2.14. The Morgan fingerprint density at radius 3 is 2.61 bits per heavy atom. The molecule has 0 atom stereocenters. The zero-order valence-electron chi connectivity index (χ0n) is 15.6. The van der Waals surface area contributed by atoms with Gasteiger partial charge in [-0.1, -0.05) is 89.3 Å². The lowest BCUT2D eigenvalue weighted by atomic mass is 10.0. The van der Waals surface area contributed by atoms with Crippen LogP contribution in [-0.4, -0.2) is 9.97 Å². The van der Waals surface area contributed by atoms with Gasteiger partial charge in [-0.05, 0) is 36.1 Å². The number of aromatic nitrogens is 2. The summed E-state index contributed by atoms with van der Waals surface area (Å²) in [5, 5.41) is 3.34. The van der Waals surface area contributed by atoms with E-state index in [9.17, 15) is 0 Å². The lowest BCUT2D eigenvalue weighted by molar-refractivity contribution is 1.20. The molecule has 1 heterocycles. The molecule has 0 amide bonds. The number of rotatable bonds is 4. The number of hydrogen-bond acceptors (Lipinski definition) is 2. The largest absolute Gasteiger partial charge is 0.227 e. The minimum Gasteiger partial charge on any atom is -0.227 e. The molecule has 0 N–H and O–H groups in total. The molecule has 0 unspecified atom stereocenters. The molecule has 0 radical (unpaired) electrons. The third-order valence-electron chi connectivity index (χ3n) is 4.67. The van der Waals surface area contributed by atoms with Gasteiger partial charge in [0.25, 0.3) is 0 Å². The fraction of sp³-hybridized carbons (Fsp3) is 0.0400. The molecule has 2 nitrogen and oxygen atoms in total. The highest BCUT2D eigenvalue weighted by atomic mass is 79.9. The van der Waals surface area contributed by atoms with E-state index in [0.29, 0.717) is 5.82 Å². The van der Waals surface area contributed by atoms with Crippen LogP contribution in [0.15, 0.2) is 96.0 Å². The summed E-state index contributed by atoms with van der Waals surface area (Å²) in [6.07, 6.45) is 7.82. The highest BCUT2D eigenvalue weighted by Crippen LogP contribution is 2.32. The zero-order chi connectivity index (χ0) is 19.5. The van der Waals surface area contributed by atoms with E-state index in [4.69, 9.17) is 9.97 Å². The van der Waals surface area contributed by atoms with Crippen LogP contribution in [0.5, 0.6) is 0 Å². The van der Waals surface area contributed by atoms with Crippen LogP contribution in [-0.2, 0) is 0 Å². The fourth-order valence-corrected chi connectivity index (χ4v) is 3.72. The van der Waals surface area contributed by atoms with Gasteiger partial charge in [0.05, 0.1) is 11.2 Å². The van der Waals surface area contributed by atoms with Crippen LogP contribution in [0.25, 0.3) is 38.6 Å². The van der Waals surface area contributed by atoms with Crippen molar-refractivity contribution in [2.24, 2.45) is 0 Å². The average molecular weight is 427 g/mol. The SMILES string of the molecule is C=C/C=C\C(=C/C)c1nc(-c2cccc(Br)c2)nc2c1ccc1ccccc12. The minimum atomic E-state index is 0.714. The van der Waals surface area contributed by atoms with Gasteiger partial charge in [-0.25, -0.2) is 9.97 Å². The summed E-state index contributed by atoms with van der Waals surface area (Å²) >= 11 is 3.56. The van der Waals surface area contributed by atoms with Gasteiger partial charge in [0.2, 0.25) is 0 Å². The van der Waals surface area contributed by atoms with E-state index in [0.717, 1.165) is 37.6 Å². The van der Waals surface area contributed by atoms with Crippen LogP contribution in [0, 0.1) is 0 Å². The first kappa shape index (κ1) is 18.3. The van der Waals surface area contributed by atoms with Crippen LogP contribution < -0.4 is 0 Å². The van der Waals surface area contributed by atoms with Gasteiger partial charge in [-0.2, -0.15) is 0 Å². The first-order chi connectivity index (χ1) is 13.7. The predicted molar refractivity (Wildman–Crippen MR) is 123 cm³/mol. The summed E-state index contributed by atoms with van der Waals surface area (Å²) in [6, 6.07) is 20.7. The molecular weight excluding hydrogens is 408 g/mol. The fourth-order valence-electron chi connectivity index (χ4n) is 3.32. The quantitative estimate of drug-likeness (QED) is 0.251. The first-order valence-electron chi connectivity index (χ1n) is 9.12. The van der Waals surface area contributed by atoms with Crippen molar-refractivity contribution < 1.29 is 0 Å². The Hall–Kier alpha value is -3.04. The number of halogens is 1. The van der Waals surface area contributed by atoms with Gasteiger partial charge in [0, 0.05) is 20.8 Å². The van der Waals surface area contributed by atoms with Crippen LogP contribution in [0.3, 0.4) is 0 Å². The van der Waals surface area contributed by atoms with Gasteiger partial charge in [0.15, 0.2) is 5.82 Å². The topological polar surface area (TPSA) is 25.8 Å². The van der Waals surface area contributed by atoms with E-state index in [1.165, 1.54) is 5.39 Å². The first-order valence-corrected chi connectivity index (χ1v) is 9.92. The summed E-state index contributed by atoms with van der Waals surface area (Å²) in [6.45, 7) is 5.81. The van der Waals surface area contributed by atoms with E-state index in [1.807, 2.05) is 43.3 Å². The molecule has 0 saturated carbocycles. The van der Waals surface area contributed by atoms with Crippen LogP contribution in [0.4, 0.5) is 0 Å². The third-order valence-corrected chi connectivity index (χ3v) is 5.16. The third kappa shape index (κ3) is 3.41. The number of benzene rings is 3. The van der Waals surface area contributed by atoms with E-state index in [1.54, 1.807) is 6.08 Å². The van der Waals surface area contributed by atoms with E-state index >= 15 is 0 Å². The molecular formula is C25H19BrN2. The van der Waals surface area contributed by atoms with Crippen molar-refractivity contribution in [3.05, 3.63) is 102 Å². The van der Waals surface area contributed by atoms with Crippen molar-refractivity contribution in [3.8, 4) is 11.4 Å². The number of allylic oxidation sites excluding steroid dienone is 5. The second kappa shape index (κ2) is 7.91. The van der Waals surface area contributed by atoms with E-state index in [2.05, 4.69) is 65.0 Å². The highest BCUT2D eigenvalue weighted by molar-refractivity contribution is 9.10. The van der Waals surface area contributed by atoms with Crippen molar-refractivity contribution in [1.82, 2.24) is 9.97 Å². The molecule has 136 valence electrons. The Balaban J connectivity index is 2.10. The van der Waals surface area contributed by atoms with Gasteiger partial charge in [-0.15, -0.1) is 0 Å². The van der Waals surface area contributed by atoms with Crippen LogP contribution >= 0.6 is 15.9 Å². The van der Waals surface area contributed by atoms with Crippen molar-refractivity contribution in [2.45, 2.75) is 6.92 Å².